The molecule has 0 unspecified atom stereocenters. The molecule has 0 saturated carbocycles. The fraction of sp³-hybridized carbons (Fsp3) is 0.0769. The Bertz CT molecular complexity index is 417. The van der Waals surface area contributed by atoms with Crippen LogP contribution in [0.3, 0.4) is 0 Å². The molecule has 0 N–H and O–H groups in total. The van der Waals surface area contributed by atoms with Crippen molar-refractivity contribution in [1.82, 2.24) is 0 Å². The van der Waals surface area contributed by atoms with Crippen LogP contribution in [0.4, 0.5) is 0 Å². The quantitative estimate of drug-likeness (QED) is 0.676. The van der Waals surface area contributed by atoms with Gasteiger partial charge in [0, 0.05) is 0 Å². The Hall–Kier alpha value is -0.0416. The Balaban J connectivity index is 2.28. The molecule has 16 heavy (non-hydrogen) atoms. The summed E-state index contributed by atoms with van der Waals surface area (Å²) < 4.78 is 5.26. The average molecular weight is 402 g/mol. The van der Waals surface area contributed by atoms with Crippen LogP contribution in [0.1, 0.15) is 0 Å². The zero-order valence-corrected chi connectivity index (χ0v) is 13.9. The third-order valence-corrected chi connectivity index (χ3v) is 7.99. The molecule has 0 aliphatic heterocycles. The molecule has 2 aromatic rings. The van der Waals surface area contributed by atoms with E-state index in [0.29, 0.717) is 0 Å². The molecule has 0 spiro atoms. The summed E-state index contributed by atoms with van der Waals surface area (Å²) in [5.74, 6) is 0. The third-order valence-electron chi connectivity index (χ3n) is 2.43. The van der Waals surface area contributed by atoms with Gasteiger partial charge < -0.3 is 0 Å². The second-order valence-corrected chi connectivity index (χ2v) is 9.86. The first-order valence-corrected chi connectivity index (χ1v) is 10.3. The molecule has 0 amide bonds. The first-order chi connectivity index (χ1) is 7.66. The molecule has 0 aromatic heterocycles. The Morgan fingerprint density at radius 3 is 1.31 bits per heavy atom. The van der Waals surface area contributed by atoms with Gasteiger partial charge in [-0.15, -0.1) is 0 Å². The van der Waals surface area contributed by atoms with Crippen LogP contribution >= 0.6 is 31.9 Å². The molecule has 0 fully saturated rings. The normalized spacial score (nSPS) is 10.8. The zero-order valence-electron chi connectivity index (χ0n) is 8.82. The molecule has 0 nitrogen and oxygen atoms in total. The molecule has 2 aromatic carbocycles. The number of benzene rings is 2. The summed E-state index contributed by atoms with van der Waals surface area (Å²) >= 11 is 5.87. The van der Waals surface area contributed by atoms with Gasteiger partial charge in [-0.1, -0.05) is 0 Å². The van der Waals surface area contributed by atoms with Crippen molar-refractivity contribution in [3.05, 3.63) is 57.5 Å². The number of halogens is 2. The maximum atomic E-state index is 3.47. The van der Waals surface area contributed by atoms with Crippen molar-refractivity contribution in [2.45, 2.75) is 5.71 Å². The van der Waals surface area contributed by atoms with Gasteiger partial charge in [0.1, 0.15) is 0 Å². The summed E-state index contributed by atoms with van der Waals surface area (Å²) in [5, 5.41) is 0. The molecule has 82 valence electrons. The summed E-state index contributed by atoms with van der Waals surface area (Å²) in [6.45, 7) is 0. The van der Waals surface area contributed by atoms with Crippen LogP contribution in [0.25, 0.3) is 0 Å². The van der Waals surface area contributed by atoms with Crippen molar-refractivity contribution in [1.29, 1.82) is 0 Å². The molecule has 0 aliphatic carbocycles. The van der Waals surface area contributed by atoms with E-state index in [-0.39, 0.29) is 0 Å². The van der Waals surface area contributed by atoms with Crippen LogP contribution in [-0.4, -0.2) is 14.7 Å². The van der Waals surface area contributed by atoms with E-state index in [0.717, 1.165) is 8.95 Å². The van der Waals surface area contributed by atoms with Crippen molar-refractivity contribution in [2.24, 2.45) is 0 Å². The van der Waals surface area contributed by atoms with Crippen molar-refractivity contribution < 1.29 is 0 Å². The van der Waals surface area contributed by atoms with Crippen LogP contribution in [-0.2, 0) is 0 Å². The number of rotatable bonds is 2. The van der Waals surface area contributed by atoms with Gasteiger partial charge in [0.05, 0.1) is 0 Å². The van der Waals surface area contributed by atoms with Gasteiger partial charge in [0.2, 0.25) is 0 Å². The van der Waals surface area contributed by atoms with E-state index in [1.807, 2.05) is 0 Å². The predicted octanol–water partition coefficient (Wildman–Crippen LogP) is 3.45. The topological polar surface area (TPSA) is 0 Å². The second kappa shape index (κ2) is 5.53. The van der Waals surface area contributed by atoms with Crippen molar-refractivity contribution in [2.75, 3.05) is 0 Å². The fourth-order valence-electron chi connectivity index (χ4n) is 1.48. The zero-order chi connectivity index (χ0) is 11.5. The summed E-state index contributed by atoms with van der Waals surface area (Å²) in [6, 6.07) is 17.4. The summed E-state index contributed by atoms with van der Waals surface area (Å²) in [6.07, 6.45) is 0. The van der Waals surface area contributed by atoms with Gasteiger partial charge in [-0.05, 0) is 0 Å². The minimum atomic E-state index is -1.07. The summed E-state index contributed by atoms with van der Waals surface area (Å²) in [7, 11) is 0. The van der Waals surface area contributed by atoms with Crippen molar-refractivity contribution >= 4 is 55.2 Å². The molecular formula is C13H11AsBr2. The van der Waals surface area contributed by atoms with Crippen LogP contribution < -0.4 is 8.70 Å². The third kappa shape index (κ3) is 3.00. The molecule has 0 aliphatic rings. The monoisotopic (exact) mass is 400 g/mol. The maximum absolute atomic E-state index is 3.47. The van der Waals surface area contributed by atoms with Crippen LogP contribution in [0.5, 0.6) is 0 Å². The van der Waals surface area contributed by atoms with Gasteiger partial charge >= 0.3 is 118 Å². The van der Waals surface area contributed by atoms with Gasteiger partial charge in [0.15, 0.2) is 0 Å². The van der Waals surface area contributed by atoms with Crippen molar-refractivity contribution in [3.63, 3.8) is 0 Å². The first kappa shape index (κ1) is 12.4. The second-order valence-electron chi connectivity index (χ2n) is 3.51. The van der Waals surface area contributed by atoms with E-state index in [1.54, 1.807) is 0 Å². The average Bonchev–Trinajstić information content (AvgIpc) is 2.30. The van der Waals surface area contributed by atoms with Crippen LogP contribution in [0.15, 0.2) is 57.5 Å². The molecule has 0 saturated heterocycles. The Morgan fingerprint density at radius 1 is 0.688 bits per heavy atom. The molecular weight excluding hydrogens is 391 g/mol. The molecule has 0 bridgehead atoms. The Labute approximate surface area is 118 Å². The number of hydrogen-bond acceptors (Lipinski definition) is 0. The van der Waals surface area contributed by atoms with Crippen molar-refractivity contribution in [3.8, 4) is 0 Å². The van der Waals surface area contributed by atoms with Gasteiger partial charge in [0.25, 0.3) is 0 Å². The van der Waals surface area contributed by atoms with Gasteiger partial charge in [-0.25, -0.2) is 0 Å². The molecule has 0 atom stereocenters. The first-order valence-electron chi connectivity index (χ1n) is 4.92. The molecule has 3 heteroatoms. The molecule has 0 heterocycles. The Morgan fingerprint density at radius 2 is 1.00 bits per heavy atom. The SMILES string of the molecule is C[As](c1ccc(Br)cc1)c1ccc(Br)cc1. The van der Waals surface area contributed by atoms with E-state index in [1.165, 1.54) is 8.70 Å². The Kier molecular flexibility index (Phi) is 4.29. The summed E-state index contributed by atoms with van der Waals surface area (Å²) in [5.41, 5.74) is 2.37. The summed E-state index contributed by atoms with van der Waals surface area (Å²) in [4.78, 5) is 0. The molecule has 0 radical (unpaired) electrons. The van der Waals surface area contributed by atoms with E-state index in [4.69, 9.17) is 0 Å². The van der Waals surface area contributed by atoms with E-state index in [2.05, 4.69) is 86.1 Å². The van der Waals surface area contributed by atoms with Crippen LogP contribution in [0, 0.1) is 0 Å². The van der Waals surface area contributed by atoms with E-state index >= 15 is 0 Å². The van der Waals surface area contributed by atoms with E-state index in [9.17, 15) is 0 Å². The van der Waals surface area contributed by atoms with E-state index < -0.39 is 14.7 Å². The van der Waals surface area contributed by atoms with Crippen LogP contribution in [0.2, 0.25) is 5.71 Å². The standard InChI is InChI=1S/C13H11AsBr2/c1-14(10-2-6-12(15)7-3-10)11-4-8-13(16)9-5-11/h2-9H,1H3. The molecule has 2 rings (SSSR count). The number of hydrogen-bond donors (Lipinski definition) is 0. The van der Waals surface area contributed by atoms with Gasteiger partial charge in [-0.3, -0.25) is 0 Å². The fourth-order valence-corrected chi connectivity index (χ4v) is 5.13. The van der Waals surface area contributed by atoms with Gasteiger partial charge in [-0.2, -0.15) is 0 Å². The minimum absolute atomic E-state index is 1.07. The predicted molar refractivity (Wildman–Crippen MR) is 79.2 cm³/mol.